The van der Waals surface area contributed by atoms with Gasteiger partial charge in [0.25, 0.3) is 0 Å². The lowest BCUT2D eigenvalue weighted by Crippen LogP contribution is -2.20. The van der Waals surface area contributed by atoms with Crippen molar-refractivity contribution < 1.29 is 8.78 Å². The van der Waals surface area contributed by atoms with Crippen molar-refractivity contribution in [2.75, 3.05) is 5.32 Å². The molecule has 0 aliphatic heterocycles. The zero-order valence-electron chi connectivity index (χ0n) is 10.2. The van der Waals surface area contributed by atoms with Gasteiger partial charge in [-0.2, -0.15) is 0 Å². The Morgan fingerprint density at radius 3 is 2.35 bits per heavy atom. The molecule has 1 saturated carbocycles. The van der Waals surface area contributed by atoms with Crippen molar-refractivity contribution >= 4 is 5.69 Å². The first-order valence-electron chi connectivity index (χ1n) is 6.39. The molecule has 0 amide bonds. The Balaban J connectivity index is 2.14. The minimum Gasteiger partial charge on any atom is -0.378 e. The predicted octanol–water partition coefficient (Wildman–Crippen LogP) is 4.41. The van der Waals surface area contributed by atoms with Gasteiger partial charge in [0, 0.05) is 6.04 Å². The zero-order valence-corrected chi connectivity index (χ0v) is 10.2. The van der Waals surface area contributed by atoms with Crippen molar-refractivity contribution in [2.45, 2.75) is 51.5 Å². The molecule has 1 aliphatic rings. The number of rotatable bonds is 2. The average Bonchev–Trinajstić information content (AvgIpc) is 2.58. The molecule has 1 N–H and O–H groups in total. The molecule has 94 valence electrons. The van der Waals surface area contributed by atoms with Gasteiger partial charge in [0.1, 0.15) is 11.5 Å². The molecular weight excluding hydrogens is 220 g/mol. The van der Waals surface area contributed by atoms with Gasteiger partial charge in [-0.1, -0.05) is 31.7 Å². The highest BCUT2D eigenvalue weighted by atomic mass is 19.1. The van der Waals surface area contributed by atoms with Crippen molar-refractivity contribution in [2.24, 2.45) is 0 Å². The average molecular weight is 239 g/mol. The lowest BCUT2D eigenvalue weighted by molar-refractivity contribution is 0.561. The van der Waals surface area contributed by atoms with E-state index in [9.17, 15) is 8.78 Å². The SMILES string of the molecule is Cc1ccc(F)c(NC2CCCCCC2)c1F. The van der Waals surface area contributed by atoms with Crippen LogP contribution in [0.25, 0.3) is 0 Å². The molecule has 3 heteroatoms. The van der Waals surface area contributed by atoms with Crippen molar-refractivity contribution in [3.05, 3.63) is 29.3 Å². The number of hydrogen-bond donors (Lipinski definition) is 1. The molecule has 1 fully saturated rings. The van der Waals surface area contributed by atoms with Gasteiger partial charge in [0.15, 0.2) is 5.82 Å². The Kier molecular flexibility index (Phi) is 3.97. The number of benzene rings is 1. The summed E-state index contributed by atoms with van der Waals surface area (Å²) < 4.78 is 27.4. The Morgan fingerprint density at radius 1 is 1.06 bits per heavy atom. The number of anilines is 1. The Bertz CT molecular complexity index is 382. The number of aryl methyl sites for hydroxylation is 1. The van der Waals surface area contributed by atoms with Gasteiger partial charge in [-0.05, 0) is 31.4 Å². The normalized spacial score (nSPS) is 17.8. The maximum Gasteiger partial charge on any atom is 0.152 e. The molecule has 0 aromatic heterocycles. The van der Waals surface area contributed by atoms with Crippen LogP contribution in [-0.4, -0.2) is 6.04 Å². The van der Waals surface area contributed by atoms with Gasteiger partial charge < -0.3 is 5.32 Å². The van der Waals surface area contributed by atoms with Crippen molar-refractivity contribution in [3.8, 4) is 0 Å². The summed E-state index contributed by atoms with van der Waals surface area (Å²) in [6, 6.07) is 3.02. The minimum absolute atomic E-state index is 0.0527. The van der Waals surface area contributed by atoms with E-state index >= 15 is 0 Å². The molecule has 0 radical (unpaired) electrons. The summed E-state index contributed by atoms with van der Waals surface area (Å²) in [5.41, 5.74) is 0.541. The largest absolute Gasteiger partial charge is 0.378 e. The smallest absolute Gasteiger partial charge is 0.152 e. The van der Waals surface area contributed by atoms with Gasteiger partial charge >= 0.3 is 0 Å². The standard InChI is InChI=1S/C14H19F2N/c1-10-8-9-12(15)14(13(10)16)17-11-6-4-2-3-5-7-11/h8-9,11,17H,2-7H2,1H3. The van der Waals surface area contributed by atoms with E-state index in [-0.39, 0.29) is 11.7 Å². The second kappa shape index (κ2) is 5.48. The molecule has 2 rings (SSSR count). The van der Waals surface area contributed by atoms with E-state index in [0.29, 0.717) is 5.56 Å². The highest BCUT2D eigenvalue weighted by Crippen LogP contribution is 2.26. The van der Waals surface area contributed by atoms with Crippen LogP contribution in [0.2, 0.25) is 0 Å². The van der Waals surface area contributed by atoms with Crippen LogP contribution < -0.4 is 5.32 Å². The summed E-state index contributed by atoms with van der Waals surface area (Å²) in [4.78, 5) is 0. The van der Waals surface area contributed by atoms with E-state index in [2.05, 4.69) is 5.32 Å². The summed E-state index contributed by atoms with van der Waals surface area (Å²) in [6.45, 7) is 1.66. The summed E-state index contributed by atoms with van der Waals surface area (Å²) in [6.07, 6.45) is 6.77. The van der Waals surface area contributed by atoms with E-state index in [1.54, 1.807) is 6.92 Å². The summed E-state index contributed by atoms with van der Waals surface area (Å²) in [5, 5.41) is 3.05. The number of halogens is 2. The molecule has 1 aromatic rings. The highest BCUT2D eigenvalue weighted by molar-refractivity contribution is 5.49. The molecule has 0 unspecified atom stereocenters. The first kappa shape index (κ1) is 12.3. The quantitative estimate of drug-likeness (QED) is 0.754. The first-order chi connectivity index (χ1) is 8.18. The van der Waals surface area contributed by atoms with E-state index in [0.717, 1.165) is 25.7 Å². The van der Waals surface area contributed by atoms with Gasteiger partial charge in [0.2, 0.25) is 0 Å². The van der Waals surface area contributed by atoms with Crippen LogP contribution in [-0.2, 0) is 0 Å². The Morgan fingerprint density at radius 2 is 1.71 bits per heavy atom. The zero-order chi connectivity index (χ0) is 12.3. The molecule has 1 aliphatic carbocycles. The summed E-state index contributed by atoms with van der Waals surface area (Å²) in [5.74, 6) is -0.938. The fourth-order valence-electron chi connectivity index (χ4n) is 2.42. The maximum absolute atomic E-state index is 13.8. The molecule has 17 heavy (non-hydrogen) atoms. The maximum atomic E-state index is 13.8. The highest BCUT2D eigenvalue weighted by Gasteiger charge is 2.17. The third-order valence-corrected chi connectivity index (χ3v) is 3.49. The van der Waals surface area contributed by atoms with E-state index in [1.165, 1.54) is 25.0 Å². The van der Waals surface area contributed by atoms with Gasteiger partial charge in [0.05, 0.1) is 0 Å². The monoisotopic (exact) mass is 239 g/mol. The van der Waals surface area contributed by atoms with Crippen LogP contribution in [0, 0.1) is 18.6 Å². The van der Waals surface area contributed by atoms with Gasteiger partial charge in [-0.25, -0.2) is 8.78 Å². The molecule has 0 spiro atoms. The Hall–Kier alpha value is -1.12. The third kappa shape index (κ3) is 2.96. The van der Waals surface area contributed by atoms with Crippen LogP contribution in [0.3, 0.4) is 0 Å². The van der Waals surface area contributed by atoms with E-state index in [1.807, 2.05) is 0 Å². The fraction of sp³-hybridized carbons (Fsp3) is 0.571. The molecule has 0 bridgehead atoms. The van der Waals surface area contributed by atoms with Crippen LogP contribution >= 0.6 is 0 Å². The number of nitrogens with one attached hydrogen (secondary N) is 1. The second-order valence-electron chi connectivity index (χ2n) is 4.89. The summed E-state index contributed by atoms with van der Waals surface area (Å²) in [7, 11) is 0. The van der Waals surface area contributed by atoms with Crippen LogP contribution in [0.4, 0.5) is 14.5 Å². The molecule has 1 aromatic carbocycles. The fourth-order valence-corrected chi connectivity index (χ4v) is 2.42. The molecule has 0 atom stereocenters. The van der Waals surface area contributed by atoms with Gasteiger partial charge in [-0.15, -0.1) is 0 Å². The lowest BCUT2D eigenvalue weighted by Gasteiger charge is -2.19. The van der Waals surface area contributed by atoms with Crippen LogP contribution in [0.1, 0.15) is 44.1 Å². The van der Waals surface area contributed by atoms with Gasteiger partial charge in [-0.3, -0.25) is 0 Å². The van der Waals surface area contributed by atoms with E-state index in [4.69, 9.17) is 0 Å². The number of hydrogen-bond acceptors (Lipinski definition) is 1. The van der Waals surface area contributed by atoms with E-state index < -0.39 is 11.6 Å². The second-order valence-corrected chi connectivity index (χ2v) is 4.89. The topological polar surface area (TPSA) is 12.0 Å². The molecule has 0 heterocycles. The molecular formula is C14H19F2N. The third-order valence-electron chi connectivity index (χ3n) is 3.49. The molecule has 1 nitrogen and oxygen atoms in total. The van der Waals surface area contributed by atoms with Crippen molar-refractivity contribution in [1.29, 1.82) is 0 Å². The van der Waals surface area contributed by atoms with Crippen LogP contribution in [0.15, 0.2) is 12.1 Å². The minimum atomic E-state index is -0.489. The van der Waals surface area contributed by atoms with Crippen molar-refractivity contribution in [1.82, 2.24) is 0 Å². The predicted molar refractivity (Wildman–Crippen MR) is 66.2 cm³/mol. The molecule has 0 saturated heterocycles. The first-order valence-corrected chi connectivity index (χ1v) is 6.39. The van der Waals surface area contributed by atoms with Crippen molar-refractivity contribution in [3.63, 3.8) is 0 Å². The Labute approximate surface area is 101 Å². The van der Waals surface area contributed by atoms with Crippen LogP contribution in [0.5, 0.6) is 0 Å². The lowest BCUT2D eigenvalue weighted by atomic mass is 10.1. The summed E-state index contributed by atoms with van der Waals surface area (Å²) >= 11 is 0.